The minimum atomic E-state index is -3.65. The maximum absolute atomic E-state index is 12.1. The van der Waals surface area contributed by atoms with Crippen molar-refractivity contribution in [1.29, 1.82) is 0 Å². The van der Waals surface area contributed by atoms with Gasteiger partial charge in [-0.1, -0.05) is 30.3 Å². The first-order chi connectivity index (χ1) is 10.4. The van der Waals surface area contributed by atoms with Crippen molar-refractivity contribution in [3.63, 3.8) is 0 Å². The van der Waals surface area contributed by atoms with Gasteiger partial charge in [0.25, 0.3) is 0 Å². The zero-order valence-corrected chi connectivity index (χ0v) is 13.1. The Morgan fingerprint density at radius 2 is 1.45 bits per heavy atom. The largest absolute Gasteiger partial charge is 0.323 e. The van der Waals surface area contributed by atoms with Crippen molar-refractivity contribution in [2.24, 2.45) is 0 Å². The van der Waals surface area contributed by atoms with E-state index in [9.17, 15) is 13.2 Å². The van der Waals surface area contributed by atoms with E-state index >= 15 is 0 Å². The van der Waals surface area contributed by atoms with Gasteiger partial charge in [0.05, 0.1) is 5.69 Å². The number of rotatable bonds is 4. The van der Waals surface area contributed by atoms with Gasteiger partial charge in [0.15, 0.2) is 0 Å². The average molecular weight is 319 g/mol. The molecule has 0 atom stereocenters. The van der Waals surface area contributed by atoms with Crippen LogP contribution in [0.25, 0.3) is 0 Å². The first kappa shape index (κ1) is 16.0. The van der Waals surface area contributed by atoms with Crippen molar-refractivity contribution < 1.29 is 13.2 Å². The summed E-state index contributed by atoms with van der Waals surface area (Å²) in [6, 6.07) is 13.0. The van der Waals surface area contributed by atoms with Crippen LogP contribution in [0, 0.1) is 6.92 Å². The molecule has 0 aliphatic rings. The van der Waals surface area contributed by atoms with Crippen LogP contribution in [0.5, 0.6) is 0 Å². The number of hydrogen-bond donors (Lipinski definition) is 3. The number of carbonyl (C=O) groups excluding carboxylic acids is 1. The molecule has 2 amide bonds. The summed E-state index contributed by atoms with van der Waals surface area (Å²) in [5, 5.41) is 5.25. The molecule has 116 valence electrons. The minimum Gasteiger partial charge on any atom is -0.307 e. The lowest BCUT2D eigenvalue weighted by molar-refractivity contribution is 0.262. The maximum Gasteiger partial charge on any atom is 0.323 e. The molecule has 0 aliphatic carbocycles. The van der Waals surface area contributed by atoms with Gasteiger partial charge in [0.2, 0.25) is 10.0 Å². The van der Waals surface area contributed by atoms with Crippen molar-refractivity contribution in [1.82, 2.24) is 4.72 Å². The van der Waals surface area contributed by atoms with Gasteiger partial charge in [0.1, 0.15) is 4.90 Å². The van der Waals surface area contributed by atoms with Gasteiger partial charge in [-0.05, 0) is 37.7 Å². The predicted octanol–water partition coefficient (Wildman–Crippen LogP) is 2.55. The molecule has 0 saturated carbocycles. The van der Waals surface area contributed by atoms with Crippen LogP contribution in [0.4, 0.5) is 16.2 Å². The Morgan fingerprint density at radius 3 is 2.09 bits per heavy atom. The van der Waals surface area contributed by atoms with E-state index in [1.165, 1.54) is 19.2 Å². The van der Waals surface area contributed by atoms with Gasteiger partial charge in [0, 0.05) is 5.69 Å². The number of sulfonamides is 1. The average Bonchev–Trinajstić information content (AvgIpc) is 2.50. The molecule has 3 N–H and O–H groups in total. The lowest BCUT2D eigenvalue weighted by Gasteiger charge is -2.12. The van der Waals surface area contributed by atoms with Crippen LogP contribution in [0.15, 0.2) is 53.4 Å². The van der Waals surface area contributed by atoms with Crippen LogP contribution < -0.4 is 15.4 Å². The highest BCUT2D eigenvalue weighted by molar-refractivity contribution is 7.89. The van der Waals surface area contributed by atoms with Crippen molar-refractivity contribution in [3.05, 3.63) is 54.1 Å². The number of amides is 2. The van der Waals surface area contributed by atoms with E-state index in [2.05, 4.69) is 15.4 Å². The molecule has 0 unspecified atom stereocenters. The van der Waals surface area contributed by atoms with Crippen LogP contribution in [0.1, 0.15) is 5.56 Å². The number of benzene rings is 2. The topological polar surface area (TPSA) is 87.3 Å². The number of nitrogens with one attached hydrogen (secondary N) is 3. The fourth-order valence-electron chi connectivity index (χ4n) is 1.90. The van der Waals surface area contributed by atoms with Crippen molar-refractivity contribution in [3.8, 4) is 0 Å². The second kappa shape index (κ2) is 6.59. The Kier molecular flexibility index (Phi) is 4.79. The summed E-state index contributed by atoms with van der Waals surface area (Å²) >= 11 is 0. The molecule has 2 aromatic carbocycles. The van der Waals surface area contributed by atoms with Crippen LogP contribution in [-0.4, -0.2) is 21.5 Å². The molecule has 0 spiro atoms. The fourth-order valence-corrected chi connectivity index (χ4v) is 2.79. The summed E-state index contributed by atoms with van der Waals surface area (Å²) in [6.45, 7) is 1.87. The highest BCUT2D eigenvalue weighted by Gasteiger charge is 2.17. The normalized spacial score (nSPS) is 11.0. The molecule has 0 fully saturated rings. The van der Waals surface area contributed by atoms with Crippen LogP contribution >= 0.6 is 0 Å². The van der Waals surface area contributed by atoms with Crippen LogP contribution in [0.3, 0.4) is 0 Å². The summed E-state index contributed by atoms with van der Waals surface area (Å²) in [4.78, 5) is 12.1. The summed E-state index contributed by atoms with van der Waals surface area (Å²) in [5.74, 6) is 0. The molecule has 0 radical (unpaired) electrons. The molecule has 22 heavy (non-hydrogen) atoms. The first-order valence-corrected chi connectivity index (χ1v) is 8.08. The Balaban J connectivity index is 2.21. The van der Waals surface area contributed by atoms with Gasteiger partial charge >= 0.3 is 6.03 Å². The third kappa shape index (κ3) is 3.63. The molecular formula is C15H17N3O3S. The van der Waals surface area contributed by atoms with E-state index in [1.807, 2.05) is 25.1 Å². The second-order valence-corrected chi connectivity index (χ2v) is 6.45. The summed E-state index contributed by atoms with van der Waals surface area (Å²) in [7, 11) is -2.33. The third-order valence-electron chi connectivity index (χ3n) is 3.09. The van der Waals surface area contributed by atoms with E-state index < -0.39 is 16.1 Å². The Bertz CT molecular complexity index is 788. The summed E-state index contributed by atoms with van der Waals surface area (Å²) in [6.07, 6.45) is 0. The molecular weight excluding hydrogens is 302 g/mol. The fraction of sp³-hybridized carbons (Fsp3) is 0.133. The van der Waals surface area contributed by atoms with Crippen molar-refractivity contribution in [2.45, 2.75) is 11.8 Å². The minimum absolute atomic E-state index is 0.0115. The zero-order valence-electron chi connectivity index (χ0n) is 12.3. The lowest BCUT2D eigenvalue weighted by Crippen LogP contribution is -2.24. The van der Waals surface area contributed by atoms with E-state index in [1.54, 1.807) is 18.2 Å². The molecule has 2 rings (SSSR count). The number of carbonyl (C=O) groups is 1. The smallest absolute Gasteiger partial charge is 0.307 e. The zero-order chi connectivity index (χ0) is 16.2. The SMILES string of the molecule is CNS(=O)(=O)c1ccccc1NC(=O)Nc1ccccc1C. The molecule has 0 bridgehead atoms. The van der Waals surface area contributed by atoms with Crippen LogP contribution in [0.2, 0.25) is 0 Å². The maximum atomic E-state index is 12.1. The van der Waals surface area contributed by atoms with Gasteiger partial charge in [-0.15, -0.1) is 0 Å². The highest BCUT2D eigenvalue weighted by atomic mass is 32.2. The lowest BCUT2D eigenvalue weighted by atomic mass is 10.2. The number of para-hydroxylation sites is 2. The standard InChI is InChI=1S/C15H17N3O3S/c1-11-7-3-4-8-12(11)17-15(19)18-13-9-5-6-10-14(13)22(20,21)16-2/h3-10,16H,1-2H3,(H2,17,18,19). The Labute approximate surface area is 129 Å². The first-order valence-electron chi connectivity index (χ1n) is 6.60. The van der Waals surface area contributed by atoms with Gasteiger partial charge in [-0.25, -0.2) is 17.9 Å². The molecule has 6 nitrogen and oxygen atoms in total. The molecule has 0 saturated heterocycles. The Hall–Kier alpha value is -2.38. The molecule has 0 aromatic heterocycles. The Morgan fingerprint density at radius 1 is 0.909 bits per heavy atom. The van der Waals surface area contributed by atoms with Crippen molar-refractivity contribution >= 4 is 27.4 Å². The van der Waals surface area contributed by atoms with Crippen molar-refractivity contribution in [2.75, 3.05) is 17.7 Å². The van der Waals surface area contributed by atoms with Crippen LogP contribution in [-0.2, 0) is 10.0 Å². The predicted molar refractivity (Wildman–Crippen MR) is 86.5 cm³/mol. The molecule has 2 aromatic rings. The van der Waals surface area contributed by atoms with E-state index in [0.717, 1.165) is 5.56 Å². The number of hydrogen-bond acceptors (Lipinski definition) is 3. The van der Waals surface area contributed by atoms with E-state index in [-0.39, 0.29) is 10.6 Å². The monoisotopic (exact) mass is 319 g/mol. The van der Waals surface area contributed by atoms with Gasteiger partial charge in [-0.2, -0.15) is 0 Å². The van der Waals surface area contributed by atoms with Gasteiger partial charge in [-0.3, -0.25) is 0 Å². The number of aryl methyl sites for hydroxylation is 1. The molecule has 0 aliphatic heterocycles. The van der Waals surface area contributed by atoms with Gasteiger partial charge < -0.3 is 10.6 Å². The number of anilines is 2. The molecule has 7 heteroatoms. The highest BCUT2D eigenvalue weighted by Crippen LogP contribution is 2.21. The number of urea groups is 1. The third-order valence-corrected chi connectivity index (χ3v) is 4.56. The van der Waals surface area contributed by atoms with E-state index in [0.29, 0.717) is 5.69 Å². The summed E-state index contributed by atoms with van der Waals surface area (Å²) < 4.78 is 26.1. The second-order valence-electron chi connectivity index (χ2n) is 4.60. The summed E-state index contributed by atoms with van der Waals surface area (Å²) in [5.41, 5.74) is 1.78. The quantitative estimate of drug-likeness (QED) is 0.809. The van der Waals surface area contributed by atoms with E-state index in [4.69, 9.17) is 0 Å². The molecule has 0 heterocycles.